The van der Waals surface area contributed by atoms with E-state index in [0.29, 0.717) is 47.2 Å². The first kappa shape index (κ1) is 33.0. The molecule has 250 valence electrons. The highest BCUT2D eigenvalue weighted by Crippen LogP contribution is 2.34. The smallest absolute Gasteiger partial charge is 0.254 e. The zero-order valence-corrected chi connectivity index (χ0v) is 26.9. The van der Waals surface area contributed by atoms with Gasteiger partial charge in [-0.3, -0.25) is 9.59 Å². The molecule has 0 bridgehead atoms. The third kappa shape index (κ3) is 6.48. The number of hydrogen-bond donors (Lipinski definition) is 4. The van der Waals surface area contributed by atoms with E-state index in [0.717, 1.165) is 25.7 Å². The number of carbonyl (C=O) groups excluding carboxylic acids is 2. The molecule has 8 N–H and O–H groups in total. The normalized spacial score (nSPS) is 11.8. The van der Waals surface area contributed by atoms with Crippen LogP contribution in [0.4, 0.5) is 34.6 Å². The van der Waals surface area contributed by atoms with Crippen LogP contribution in [-0.2, 0) is 26.9 Å². The Labute approximate surface area is 273 Å². The molecule has 0 aliphatic carbocycles. The molecule has 2 amide bonds. The van der Waals surface area contributed by atoms with Crippen LogP contribution < -0.4 is 22.9 Å². The minimum atomic E-state index is -0.687. The third-order valence-electron chi connectivity index (χ3n) is 7.37. The van der Waals surface area contributed by atoms with Gasteiger partial charge in [-0.25, -0.2) is 19.3 Å². The maximum Gasteiger partial charge on any atom is 0.254 e. The fraction of sp³-hybridized carbons (Fsp3) is 0.357. The van der Waals surface area contributed by atoms with Crippen molar-refractivity contribution in [3.05, 3.63) is 47.3 Å². The topological polar surface area (TPSA) is 285 Å². The summed E-state index contributed by atoms with van der Waals surface area (Å²) in [7, 11) is 3.24. The van der Waals surface area contributed by atoms with Crippen LogP contribution in [0, 0.1) is 0 Å². The van der Waals surface area contributed by atoms with E-state index in [4.69, 9.17) is 33.1 Å². The van der Waals surface area contributed by atoms with Gasteiger partial charge >= 0.3 is 0 Å². The predicted molar refractivity (Wildman–Crippen MR) is 174 cm³/mol. The highest BCUT2D eigenvalue weighted by atomic mass is 16.1. The molecule has 0 aromatic carbocycles. The fourth-order valence-electron chi connectivity index (χ4n) is 4.74. The lowest BCUT2D eigenvalue weighted by molar-refractivity contribution is 0.0992. The van der Waals surface area contributed by atoms with Crippen molar-refractivity contribution in [2.24, 2.45) is 46.0 Å². The molecular formula is C28H36N18O2. The Balaban J connectivity index is 1.55. The number of amides is 2. The van der Waals surface area contributed by atoms with Gasteiger partial charge in [0.1, 0.15) is 17.5 Å². The van der Waals surface area contributed by atoms with E-state index in [1.807, 2.05) is 0 Å². The van der Waals surface area contributed by atoms with Crippen LogP contribution in [0.3, 0.4) is 0 Å². The van der Waals surface area contributed by atoms with E-state index < -0.39 is 11.8 Å². The average Bonchev–Trinajstić information content (AvgIpc) is 3.80. The fourth-order valence-corrected chi connectivity index (χ4v) is 4.74. The maximum absolute atomic E-state index is 11.9. The van der Waals surface area contributed by atoms with Crippen molar-refractivity contribution in [2.75, 3.05) is 11.5 Å². The molecule has 0 saturated carbocycles. The van der Waals surface area contributed by atoms with Crippen molar-refractivity contribution in [1.29, 1.82) is 0 Å². The van der Waals surface area contributed by atoms with Gasteiger partial charge in [-0.2, -0.15) is 29.8 Å². The quantitative estimate of drug-likeness (QED) is 0.127. The zero-order valence-electron chi connectivity index (χ0n) is 26.9. The van der Waals surface area contributed by atoms with Gasteiger partial charge in [0.25, 0.3) is 11.8 Å². The molecule has 0 aliphatic rings. The van der Waals surface area contributed by atoms with Gasteiger partial charge in [-0.15, -0.1) is 20.5 Å². The minimum Gasteiger partial charge on any atom is -0.382 e. The van der Waals surface area contributed by atoms with Gasteiger partial charge < -0.3 is 22.9 Å². The largest absolute Gasteiger partial charge is 0.382 e. The van der Waals surface area contributed by atoms with Crippen LogP contribution in [0.2, 0.25) is 0 Å². The molecule has 0 spiro atoms. The molecule has 48 heavy (non-hydrogen) atoms. The van der Waals surface area contributed by atoms with E-state index in [-0.39, 0.29) is 34.4 Å². The Morgan fingerprint density at radius 3 is 1.50 bits per heavy atom. The summed E-state index contributed by atoms with van der Waals surface area (Å²) in [4.78, 5) is 32.5. The second kappa shape index (κ2) is 14.0. The molecule has 5 rings (SSSR count). The lowest BCUT2D eigenvalue weighted by Gasteiger charge is -2.06. The maximum atomic E-state index is 11.9. The van der Waals surface area contributed by atoms with Gasteiger partial charge in [-0.1, -0.05) is 26.7 Å². The minimum absolute atomic E-state index is 0.116. The van der Waals surface area contributed by atoms with Gasteiger partial charge in [0, 0.05) is 20.2 Å². The molecule has 0 fully saturated rings. The number of nitrogen functional groups attached to an aromatic ring is 2. The number of aryl methyl sites for hydroxylation is 4. The van der Waals surface area contributed by atoms with Gasteiger partial charge in [0.15, 0.2) is 46.3 Å². The summed E-state index contributed by atoms with van der Waals surface area (Å²) in [6, 6.07) is 1.61. The second-order valence-electron chi connectivity index (χ2n) is 10.8. The average molecular weight is 657 g/mol. The molecule has 20 heteroatoms. The van der Waals surface area contributed by atoms with Crippen molar-refractivity contribution in [1.82, 2.24) is 49.1 Å². The molecule has 5 heterocycles. The highest BCUT2D eigenvalue weighted by molar-refractivity contribution is 5.97. The number of rotatable bonds is 14. The number of nitrogens with zero attached hydrogens (tertiary/aromatic N) is 14. The summed E-state index contributed by atoms with van der Waals surface area (Å²) in [6.07, 6.45) is 8.52. The molecule has 5 aromatic rings. The van der Waals surface area contributed by atoms with Crippen LogP contribution >= 0.6 is 0 Å². The number of aromatic nitrogens is 10. The van der Waals surface area contributed by atoms with Gasteiger partial charge in [0.2, 0.25) is 0 Å². The first-order valence-corrected chi connectivity index (χ1v) is 15.1. The SMILES string of the molecule is CCCCc1nn(-c2cc(-n3nc(CCCC)c(/N=N/c4c(C(N)=O)cnn4C)c3N)ncn2)c(N)c1/N=N/c1c(C(N)=O)cnn1C. The van der Waals surface area contributed by atoms with Crippen LogP contribution in [0.25, 0.3) is 11.6 Å². The Morgan fingerprint density at radius 2 is 1.12 bits per heavy atom. The molecule has 0 saturated heterocycles. The molecule has 20 nitrogen and oxygen atoms in total. The monoisotopic (exact) mass is 656 g/mol. The van der Waals surface area contributed by atoms with E-state index in [1.54, 1.807) is 20.2 Å². The van der Waals surface area contributed by atoms with Gasteiger partial charge in [-0.05, 0) is 25.7 Å². The number of anilines is 2. The summed E-state index contributed by atoms with van der Waals surface area (Å²) in [6.45, 7) is 4.11. The summed E-state index contributed by atoms with van der Waals surface area (Å²) in [5, 5.41) is 34.7. The highest BCUT2D eigenvalue weighted by Gasteiger charge is 2.22. The molecule has 0 aliphatic heterocycles. The summed E-state index contributed by atoms with van der Waals surface area (Å²) in [5.41, 5.74) is 26.1. The van der Waals surface area contributed by atoms with Crippen molar-refractivity contribution in [2.45, 2.75) is 52.4 Å². The van der Waals surface area contributed by atoms with Crippen molar-refractivity contribution in [3.63, 3.8) is 0 Å². The lowest BCUT2D eigenvalue weighted by Crippen LogP contribution is -2.10. The number of carbonyl (C=O) groups is 2. The molecule has 0 unspecified atom stereocenters. The Morgan fingerprint density at radius 1 is 0.708 bits per heavy atom. The molecule has 0 radical (unpaired) electrons. The van der Waals surface area contributed by atoms with Crippen LogP contribution in [0.1, 0.15) is 71.6 Å². The molecular weight excluding hydrogens is 620 g/mol. The number of azo groups is 2. The Hall–Kier alpha value is -6.34. The van der Waals surface area contributed by atoms with Crippen molar-refractivity contribution < 1.29 is 9.59 Å². The Kier molecular flexibility index (Phi) is 9.62. The lowest BCUT2D eigenvalue weighted by atomic mass is 10.2. The molecule has 5 aromatic heterocycles. The number of nitrogens with two attached hydrogens (primary N) is 4. The van der Waals surface area contributed by atoms with Crippen LogP contribution in [0.15, 0.2) is 45.2 Å². The van der Waals surface area contributed by atoms with E-state index in [1.165, 1.54) is 37.4 Å². The second-order valence-corrected chi connectivity index (χ2v) is 10.8. The number of hydrogen-bond acceptors (Lipinski definition) is 14. The first-order valence-electron chi connectivity index (χ1n) is 15.1. The summed E-state index contributed by atoms with van der Waals surface area (Å²) >= 11 is 0. The summed E-state index contributed by atoms with van der Waals surface area (Å²) < 4.78 is 5.62. The summed E-state index contributed by atoms with van der Waals surface area (Å²) in [5.74, 6) is -0.0864. The molecule has 0 atom stereocenters. The number of unbranched alkanes of at least 4 members (excludes halogenated alkanes) is 2. The van der Waals surface area contributed by atoms with Gasteiger partial charge in [0.05, 0.1) is 23.8 Å². The zero-order chi connectivity index (χ0) is 34.5. The van der Waals surface area contributed by atoms with Crippen molar-refractivity contribution in [3.8, 4) is 11.6 Å². The predicted octanol–water partition coefficient (Wildman–Crippen LogP) is 3.19. The van der Waals surface area contributed by atoms with E-state index in [2.05, 4.69) is 54.5 Å². The van der Waals surface area contributed by atoms with Crippen LogP contribution in [-0.4, -0.2) is 60.9 Å². The van der Waals surface area contributed by atoms with E-state index >= 15 is 0 Å². The van der Waals surface area contributed by atoms with E-state index in [9.17, 15) is 9.59 Å². The number of primary amides is 2. The third-order valence-corrected chi connectivity index (χ3v) is 7.37. The standard InChI is InChI=1S/C28H36N18O2/c1-5-7-9-17-21(37-39-27-15(25(31)47)12-35-43(27)3)23(29)45(41-17)19-11-20(34-14-33-19)46-24(30)22(18(42-46)10-8-6-2)38-40-28-16(26(32)48)13-36-44(28)4/h11-14H,5-10,29-30H2,1-4H3,(H2,31,47)(H2,32,48)/b39-37+,40-38+. The Bertz CT molecular complexity index is 1890. The first-order chi connectivity index (χ1) is 23.0. The van der Waals surface area contributed by atoms with Crippen molar-refractivity contribution >= 4 is 46.5 Å². The van der Waals surface area contributed by atoms with Crippen LogP contribution in [0.5, 0.6) is 0 Å².